The summed E-state index contributed by atoms with van der Waals surface area (Å²) in [5.41, 5.74) is 9.25. The van der Waals surface area contributed by atoms with Gasteiger partial charge in [0.1, 0.15) is 5.82 Å². The van der Waals surface area contributed by atoms with Gasteiger partial charge in [0.05, 0.1) is 16.9 Å². The van der Waals surface area contributed by atoms with Gasteiger partial charge in [-0.25, -0.2) is 9.97 Å². The Kier molecular flexibility index (Phi) is 6.54. The second kappa shape index (κ2) is 9.89. The Bertz CT molecular complexity index is 1180. The summed E-state index contributed by atoms with van der Waals surface area (Å²) in [5, 5.41) is 9.81. The molecule has 1 aromatic carbocycles. The van der Waals surface area contributed by atoms with Crippen molar-refractivity contribution in [1.82, 2.24) is 19.8 Å². The molecule has 2 fully saturated rings. The van der Waals surface area contributed by atoms with Crippen LogP contribution in [0.15, 0.2) is 54.7 Å². The molecule has 2 aromatic heterocycles. The molecule has 0 unspecified atom stereocenters. The number of benzene rings is 1. The van der Waals surface area contributed by atoms with Crippen LogP contribution in [0.5, 0.6) is 0 Å². The molecule has 0 bridgehead atoms. The second-order valence-corrected chi connectivity index (χ2v) is 9.54. The summed E-state index contributed by atoms with van der Waals surface area (Å²) in [7, 11) is 0. The average Bonchev–Trinajstić information content (AvgIpc) is 2.88. The number of rotatable bonds is 5. The van der Waals surface area contributed by atoms with Crippen LogP contribution in [-0.2, 0) is 11.3 Å². The van der Waals surface area contributed by atoms with E-state index in [1.807, 2.05) is 53.4 Å². The van der Waals surface area contributed by atoms with E-state index in [4.69, 9.17) is 16.1 Å². The number of amides is 1. The van der Waals surface area contributed by atoms with E-state index in [1.54, 1.807) is 6.20 Å². The maximum absolute atomic E-state index is 13.2. The highest BCUT2D eigenvalue weighted by Gasteiger charge is 2.32. The number of aromatic nitrogens is 2. The number of nitrogens with one attached hydrogen (secondary N) is 1. The summed E-state index contributed by atoms with van der Waals surface area (Å²) >= 11 is 0. The Hall–Kier alpha value is -3.32. The van der Waals surface area contributed by atoms with Crippen LogP contribution in [0.2, 0.25) is 0 Å². The predicted octanol–water partition coefficient (Wildman–Crippen LogP) is 3.73. The number of hydrogen-bond acceptors (Lipinski definition) is 6. The Balaban J connectivity index is 1.11. The minimum Gasteiger partial charge on any atom is -0.384 e. The Labute approximate surface area is 200 Å². The number of nitrogen functional groups attached to an aromatic ring is 1. The highest BCUT2D eigenvalue weighted by Crippen LogP contribution is 2.26. The van der Waals surface area contributed by atoms with Crippen molar-refractivity contribution in [2.45, 2.75) is 32.2 Å². The predicted molar refractivity (Wildman–Crippen MR) is 135 cm³/mol. The number of hydrogen-bond donors (Lipinski definition) is 2. The second-order valence-electron chi connectivity index (χ2n) is 9.54. The third-order valence-corrected chi connectivity index (χ3v) is 7.28. The number of anilines is 1. The van der Waals surface area contributed by atoms with Crippen molar-refractivity contribution in [3.8, 4) is 0 Å². The number of carbonyl (C=O) groups excluding carboxylic acids is 1. The number of fused-ring (bicyclic) bond motifs is 1. The minimum absolute atomic E-state index is 0.108. The summed E-state index contributed by atoms with van der Waals surface area (Å²) in [4.78, 5) is 26.4. The number of nitrogens with zero attached hydrogens (tertiary/aromatic N) is 4. The van der Waals surface area contributed by atoms with Crippen LogP contribution in [-0.4, -0.2) is 57.6 Å². The first-order valence-electron chi connectivity index (χ1n) is 12.2. The molecular weight excluding hydrogens is 424 g/mol. The first-order valence-corrected chi connectivity index (χ1v) is 12.2. The molecule has 34 heavy (non-hydrogen) atoms. The molecule has 0 spiro atoms. The van der Waals surface area contributed by atoms with Gasteiger partial charge in [-0.15, -0.1) is 0 Å². The third-order valence-electron chi connectivity index (χ3n) is 7.28. The first kappa shape index (κ1) is 22.5. The van der Waals surface area contributed by atoms with Crippen LogP contribution in [0.1, 0.15) is 36.9 Å². The normalized spacial score (nSPS) is 18.3. The van der Waals surface area contributed by atoms with Gasteiger partial charge in [-0.05, 0) is 68.6 Å². The van der Waals surface area contributed by atoms with E-state index in [9.17, 15) is 4.79 Å². The molecule has 1 amide bonds. The fourth-order valence-electron chi connectivity index (χ4n) is 5.26. The molecule has 2 aliphatic heterocycles. The van der Waals surface area contributed by atoms with E-state index in [1.165, 1.54) is 5.56 Å². The van der Waals surface area contributed by atoms with Crippen LogP contribution >= 0.6 is 0 Å². The van der Waals surface area contributed by atoms with E-state index < -0.39 is 0 Å². The van der Waals surface area contributed by atoms with E-state index >= 15 is 0 Å². The standard InChI is InChI=1S/C27H32N6O/c28-25-17-19(7-12-30-25)18-32-13-8-22(9-14-32)27(34)33-15-10-21(11-16-33)26(29)24-6-5-20-3-1-2-4-23(20)31-24/h1-7,12,17,21-22,29H,8-11,13-16,18H2,(H2,28,30). The number of pyridine rings is 2. The largest absolute Gasteiger partial charge is 0.384 e. The van der Waals surface area contributed by atoms with Gasteiger partial charge in [0.2, 0.25) is 5.91 Å². The molecular formula is C27H32N6O. The lowest BCUT2D eigenvalue weighted by atomic mass is 9.88. The van der Waals surface area contributed by atoms with Crippen LogP contribution in [0, 0.1) is 17.2 Å². The maximum atomic E-state index is 13.2. The molecule has 0 saturated carbocycles. The fraction of sp³-hybridized carbons (Fsp3) is 0.407. The molecule has 0 aliphatic carbocycles. The van der Waals surface area contributed by atoms with E-state index in [2.05, 4.69) is 9.88 Å². The Morgan fingerprint density at radius 2 is 1.71 bits per heavy atom. The third kappa shape index (κ3) is 4.94. The van der Waals surface area contributed by atoms with Crippen LogP contribution in [0.4, 0.5) is 5.82 Å². The van der Waals surface area contributed by atoms with Crippen molar-refractivity contribution in [2.24, 2.45) is 11.8 Å². The molecule has 2 saturated heterocycles. The van der Waals surface area contributed by atoms with Crippen molar-refractivity contribution in [1.29, 1.82) is 5.41 Å². The molecule has 3 aromatic rings. The van der Waals surface area contributed by atoms with Crippen molar-refractivity contribution in [3.05, 3.63) is 66.0 Å². The van der Waals surface area contributed by atoms with Crippen molar-refractivity contribution < 1.29 is 4.79 Å². The molecule has 4 heterocycles. The summed E-state index contributed by atoms with van der Waals surface area (Å²) in [6.07, 6.45) is 5.22. The lowest BCUT2D eigenvalue weighted by Crippen LogP contribution is -2.46. The van der Waals surface area contributed by atoms with Crippen LogP contribution in [0.25, 0.3) is 10.9 Å². The fourth-order valence-corrected chi connectivity index (χ4v) is 5.26. The number of piperidine rings is 2. The van der Waals surface area contributed by atoms with Gasteiger partial charge >= 0.3 is 0 Å². The SMILES string of the molecule is N=C(c1ccc2ccccc2n1)C1CCN(C(=O)C2CCN(Cc3ccnc(N)c3)CC2)CC1. The summed E-state index contributed by atoms with van der Waals surface area (Å²) in [6, 6.07) is 15.9. The van der Waals surface area contributed by atoms with Gasteiger partial charge in [0.15, 0.2) is 0 Å². The topological polar surface area (TPSA) is 99.2 Å². The van der Waals surface area contributed by atoms with Gasteiger partial charge in [-0.2, -0.15) is 0 Å². The lowest BCUT2D eigenvalue weighted by molar-refractivity contribution is -0.138. The zero-order valence-electron chi connectivity index (χ0n) is 19.5. The van der Waals surface area contributed by atoms with Gasteiger partial charge in [0.25, 0.3) is 0 Å². The monoisotopic (exact) mass is 456 g/mol. The van der Waals surface area contributed by atoms with Crippen LogP contribution < -0.4 is 5.73 Å². The highest BCUT2D eigenvalue weighted by atomic mass is 16.2. The molecule has 7 nitrogen and oxygen atoms in total. The molecule has 7 heteroatoms. The molecule has 0 radical (unpaired) electrons. The van der Waals surface area contributed by atoms with Crippen molar-refractivity contribution in [3.63, 3.8) is 0 Å². The number of nitrogens with two attached hydrogens (primary N) is 1. The summed E-state index contributed by atoms with van der Waals surface area (Å²) in [5.74, 6) is 1.11. The van der Waals surface area contributed by atoms with E-state index in [0.29, 0.717) is 17.4 Å². The summed E-state index contributed by atoms with van der Waals surface area (Å²) in [6.45, 7) is 4.16. The number of para-hydroxylation sites is 1. The Morgan fingerprint density at radius 3 is 2.47 bits per heavy atom. The Morgan fingerprint density at radius 1 is 0.971 bits per heavy atom. The average molecular weight is 457 g/mol. The molecule has 2 aliphatic rings. The quantitative estimate of drug-likeness (QED) is 0.570. The van der Waals surface area contributed by atoms with Crippen molar-refractivity contribution in [2.75, 3.05) is 31.9 Å². The van der Waals surface area contributed by atoms with Gasteiger partial charge < -0.3 is 16.0 Å². The lowest BCUT2D eigenvalue weighted by Gasteiger charge is -2.37. The molecule has 3 N–H and O–H groups in total. The summed E-state index contributed by atoms with van der Waals surface area (Å²) < 4.78 is 0. The zero-order valence-corrected chi connectivity index (χ0v) is 19.5. The van der Waals surface area contributed by atoms with Gasteiger partial charge in [-0.1, -0.05) is 24.3 Å². The number of likely N-dealkylation sites (tertiary alicyclic amines) is 2. The van der Waals surface area contributed by atoms with E-state index in [-0.39, 0.29) is 11.8 Å². The van der Waals surface area contributed by atoms with Crippen molar-refractivity contribution >= 4 is 28.3 Å². The smallest absolute Gasteiger partial charge is 0.225 e. The molecule has 5 rings (SSSR count). The number of carbonyl (C=O) groups is 1. The zero-order chi connectivity index (χ0) is 23.5. The molecule has 0 atom stereocenters. The van der Waals surface area contributed by atoms with Gasteiger partial charge in [-0.3, -0.25) is 9.69 Å². The van der Waals surface area contributed by atoms with Crippen LogP contribution in [0.3, 0.4) is 0 Å². The van der Waals surface area contributed by atoms with Gasteiger partial charge in [0, 0.05) is 43.1 Å². The minimum atomic E-state index is 0.108. The molecule has 176 valence electrons. The first-order chi connectivity index (χ1) is 16.6. The highest BCUT2D eigenvalue weighted by molar-refractivity contribution is 6.00. The van der Waals surface area contributed by atoms with E-state index in [0.717, 1.165) is 75.0 Å². The maximum Gasteiger partial charge on any atom is 0.225 e.